The van der Waals surface area contributed by atoms with Gasteiger partial charge in [0.25, 0.3) is 0 Å². The summed E-state index contributed by atoms with van der Waals surface area (Å²) in [5.74, 6) is -0.199. The number of hydrogen-bond donors (Lipinski definition) is 1. The Morgan fingerprint density at radius 1 is 1.39 bits per heavy atom. The van der Waals surface area contributed by atoms with Crippen LogP contribution in [0.2, 0.25) is 0 Å². The van der Waals surface area contributed by atoms with Crippen molar-refractivity contribution in [1.29, 1.82) is 0 Å². The number of nitrogens with one attached hydrogen (secondary N) is 1. The number of benzene rings is 1. The molecule has 1 aromatic rings. The molecule has 0 amide bonds. The van der Waals surface area contributed by atoms with Gasteiger partial charge in [0.15, 0.2) is 0 Å². The summed E-state index contributed by atoms with van der Waals surface area (Å²) in [7, 11) is 0. The highest BCUT2D eigenvalue weighted by Gasteiger charge is 2.32. The molecule has 0 spiro atoms. The SMILES string of the molecule is CSC1(CNCc2ccc(F)c(Br)c2)CCCC1. The first-order chi connectivity index (χ1) is 8.65. The van der Waals surface area contributed by atoms with Crippen molar-refractivity contribution in [3.05, 3.63) is 34.1 Å². The van der Waals surface area contributed by atoms with Gasteiger partial charge in [0, 0.05) is 17.8 Å². The lowest BCUT2D eigenvalue weighted by Gasteiger charge is -2.27. The molecule has 0 heterocycles. The van der Waals surface area contributed by atoms with E-state index in [1.54, 1.807) is 0 Å². The lowest BCUT2D eigenvalue weighted by Crippen LogP contribution is -2.34. The van der Waals surface area contributed by atoms with Crippen molar-refractivity contribution in [3.63, 3.8) is 0 Å². The first kappa shape index (κ1) is 14.4. The minimum absolute atomic E-state index is 0.199. The topological polar surface area (TPSA) is 12.0 Å². The molecule has 1 aromatic carbocycles. The molecule has 0 atom stereocenters. The molecule has 1 aliphatic rings. The molecule has 1 saturated carbocycles. The molecule has 0 unspecified atom stereocenters. The van der Waals surface area contributed by atoms with E-state index in [4.69, 9.17) is 0 Å². The summed E-state index contributed by atoms with van der Waals surface area (Å²) in [6.07, 6.45) is 7.54. The number of halogens is 2. The zero-order valence-electron chi connectivity index (χ0n) is 10.6. The van der Waals surface area contributed by atoms with Crippen LogP contribution in [0.1, 0.15) is 31.2 Å². The molecule has 0 radical (unpaired) electrons. The summed E-state index contributed by atoms with van der Waals surface area (Å²) in [6, 6.07) is 5.21. The highest BCUT2D eigenvalue weighted by molar-refractivity contribution is 9.10. The predicted octanol–water partition coefficient (Wildman–Crippen LogP) is 4.35. The van der Waals surface area contributed by atoms with E-state index < -0.39 is 0 Å². The van der Waals surface area contributed by atoms with Crippen molar-refractivity contribution in [3.8, 4) is 0 Å². The molecule has 1 nitrogen and oxygen atoms in total. The number of thioether (sulfide) groups is 1. The Kier molecular flexibility index (Phi) is 5.10. The maximum atomic E-state index is 13.1. The normalized spacial score (nSPS) is 18.2. The first-order valence-corrected chi connectivity index (χ1v) is 8.37. The van der Waals surface area contributed by atoms with E-state index in [2.05, 4.69) is 27.5 Å². The summed E-state index contributed by atoms with van der Waals surface area (Å²) < 4.78 is 14.1. The van der Waals surface area contributed by atoms with Crippen LogP contribution in [-0.2, 0) is 6.54 Å². The zero-order valence-corrected chi connectivity index (χ0v) is 13.0. The van der Waals surface area contributed by atoms with Gasteiger partial charge < -0.3 is 5.32 Å². The molecule has 2 rings (SSSR count). The van der Waals surface area contributed by atoms with Gasteiger partial charge in [-0.05, 0) is 52.7 Å². The van der Waals surface area contributed by atoms with Gasteiger partial charge in [0.2, 0.25) is 0 Å². The van der Waals surface area contributed by atoms with Gasteiger partial charge in [-0.3, -0.25) is 0 Å². The molecule has 0 saturated heterocycles. The van der Waals surface area contributed by atoms with E-state index >= 15 is 0 Å². The number of rotatable bonds is 5. The van der Waals surface area contributed by atoms with E-state index in [1.165, 1.54) is 31.7 Å². The molecule has 4 heteroatoms. The van der Waals surface area contributed by atoms with Crippen molar-refractivity contribution < 1.29 is 4.39 Å². The Balaban J connectivity index is 1.86. The lowest BCUT2D eigenvalue weighted by atomic mass is 10.1. The van der Waals surface area contributed by atoms with Crippen molar-refractivity contribution in [1.82, 2.24) is 5.32 Å². The molecule has 0 bridgehead atoms. The van der Waals surface area contributed by atoms with Gasteiger partial charge in [0.1, 0.15) is 5.82 Å². The molecule has 1 fully saturated rings. The maximum absolute atomic E-state index is 13.1. The molecule has 18 heavy (non-hydrogen) atoms. The molecule has 0 aliphatic heterocycles. The molecule has 0 aromatic heterocycles. The van der Waals surface area contributed by atoms with Gasteiger partial charge in [0.05, 0.1) is 4.47 Å². The van der Waals surface area contributed by atoms with Crippen molar-refractivity contribution in [2.24, 2.45) is 0 Å². The minimum atomic E-state index is -0.199. The Labute approximate surface area is 121 Å². The Hall–Kier alpha value is -0.0600. The Bertz CT molecular complexity index is 405. The van der Waals surface area contributed by atoms with Crippen LogP contribution in [0.4, 0.5) is 4.39 Å². The van der Waals surface area contributed by atoms with E-state index in [0.717, 1.165) is 18.7 Å². The van der Waals surface area contributed by atoms with Crippen LogP contribution in [0.15, 0.2) is 22.7 Å². The third-order valence-electron chi connectivity index (χ3n) is 3.71. The van der Waals surface area contributed by atoms with E-state index in [1.807, 2.05) is 23.9 Å². The van der Waals surface area contributed by atoms with Crippen molar-refractivity contribution >= 4 is 27.7 Å². The predicted molar refractivity (Wildman–Crippen MR) is 80.5 cm³/mol. The van der Waals surface area contributed by atoms with E-state index in [-0.39, 0.29) is 5.82 Å². The minimum Gasteiger partial charge on any atom is -0.311 e. The lowest BCUT2D eigenvalue weighted by molar-refractivity contribution is 0.533. The van der Waals surface area contributed by atoms with E-state index in [9.17, 15) is 4.39 Å². The fourth-order valence-corrected chi connectivity index (χ4v) is 3.93. The maximum Gasteiger partial charge on any atom is 0.137 e. The molecular weight excluding hydrogens is 313 g/mol. The van der Waals surface area contributed by atoms with E-state index in [0.29, 0.717) is 9.22 Å². The van der Waals surface area contributed by atoms with Crippen LogP contribution in [-0.4, -0.2) is 17.5 Å². The molecular formula is C14H19BrFNS. The van der Waals surface area contributed by atoms with Gasteiger partial charge in [-0.25, -0.2) is 4.39 Å². The van der Waals surface area contributed by atoms with Crippen LogP contribution in [0, 0.1) is 5.82 Å². The molecule has 1 N–H and O–H groups in total. The van der Waals surface area contributed by atoms with Gasteiger partial charge in [-0.2, -0.15) is 11.8 Å². The third-order valence-corrected chi connectivity index (χ3v) is 5.73. The average molecular weight is 332 g/mol. The number of hydrogen-bond acceptors (Lipinski definition) is 2. The van der Waals surface area contributed by atoms with Crippen molar-refractivity contribution in [2.75, 3.05) is 12.8 Å². The second-order valence-corrected chi connectivity index (χ2v) is 7.07. The van der Waals surface area contributed by atoms with Crippen LogP contribution in [0.25, 0.3) is 0 Å². The van der Waals surface area contributed by atoms with Crippen LogP contribution in [0.5, 0.6) is 0 Å². The monoisotopic (exact) mass is 331 g/mol. The van der Waals surface area contributed by atoms with Gasteiger partial charge in [-0.1, -0.05) is 18.9 Å². The first-order valence-electron chi connectivity index (χ1n) is 6.35. The smallest absolute Gasteiger partial charge is 0.137 e. The zero-order chi connectivity index (χ0) is 13.0. The van der Waals surface area contributed by atoms with Gasteiger partial charge in [-0.15, -0.1) is 0 Å². The Morgan fingerprint density at radius 3 is 2.72 bits per heavy atom. The summed E-state index contributed by atoms with van der Waals surface area (Å²) in [6.45, 7) is 1.85. The summed E-state index contributed by atoms with van der Waals surface area (Å²) in [5.41, 5.74) is 1.12. The summed E-state index contributed by atoms with van der Waals surface area (Å²) >= 11 is 5.21. The highest BCUT2D eigenvalue weighted by Crippen LogP contribution is 2.39. The van der Waals surface area contributed by atoms with Gasteiger partial charge >= 0.3 is 0 Å². The molecule has 1 aliphatic carbocycles. The largest absolute Gasteiger partial charge is 0.311 e. The fourth-order valence-electron chi connectivity index (χ4n) is 2.56. The fraction of sp³-hybridized carbons (Fsp3) is 0.571. The Morgan fingerprint density at radius 2 is 2.11 bits per heavy atom. The highest BCUT2D eigenvalue weighted by atomic mass is 79.9. The van der Waals surface area contributed by atoms with Crippen LogP contribution >= 0.6 is 27.7 Å². The summed E-state index contributed by atoms with van der Waals surface area (Å²) in [5, 5.41) is 3.52. The standard InChI is InChI=1S/C14H19BrFNS/c1-18-14(6-2-3-7-14)10-17-9-11-4-5-13(16)12(15)8-11/h4-5,8,17H,2-3,6-7,9-10H2,1H3. The second-order valence-electron chi connectivity index (χ2n) is 4.95. The second kappa shape index (κ2) is 6.40. The third kappa shape index (κ3) is 3.49. The van der Waals surface area contributed by atoms with Crippen molar-refractivity contribution in [2.45, 2.75) is 37.0 Å². The summed E-state index contributed by atoms with van der Waals surface area (Å²) in [4.78, 5) is 0. The van der Waals surface area contributed by atoms with Crippen LogP contribution < -0.4 is 5.32 Å². The van der Waals surface area contributed by atoms with Crippen LogP contribution in [0.3, 0.4) is 0 Å². The average Bonchev–Trinajstić information content (AvgIpc) is 2.83. The molecule has 100 valence electrons. The quantitative estimate of drug-likeness (QED) is 0.860.